The molecule has 0 spiro atoms. The zero-order valence-corrected chi connectivity index (χ0v) is 5.94. The fraction of sp³-hybridized carbons (Fsp3) is 0.167. The molecule has 0 aliphatic heterocycles. The van der Waals surface area contributed by atoms with Crippen LogP contribution in [0, 0.1) is 17.0 Å². The molecule has 1 rings (SSSR count). The molecular weight excluding hydrogens is 146 g/mol. The molecule has 11 heavy (non-hydrogen) atoms. The van der Waals surface area contributed by atoms with Crippen molar-refractivity contribution in [3.63, 3.8) is 0 Å². The molecule has 0 aromatic carbocycles. The van der Waals surface area contributed by atoms with Crippen molar-refractivity contribution in [2.24, 2.45) is 0 Å². The first-order valence-electron chi connectivity index (χ1n) is 3.02. The lowest BCUT2D eigenvalue weighted by Crippen LogP contribution is -1.83. The van der Waals surface area contributed by atoms with E-state index in [-0.39, 0.29) is 0 Å². The fourth-order valence-electron chi connectivity index (χ4n) is 0.649. The summed E-state index contributed by atoms with van der Waals surface area (Å²) in [6.45, 7) is 1.83. The van der Waals surface area contributed by atoms with Gasteiger partial charge in [0.15, 0.2) is 0 Å². The number of imidazole rings is 1. The minimum atomic E-state index is -0.530. The average Bonchev–Trinajstić information content (AvgIpc) is 2.31. The number of rotatable bonds is 2. The molecule has 1 aromatic heterocycles. The molecule has 5 nitrogen and oxygen atoms in total. The third-order valence-corrected chi connectivity index (χ3v) is 1.08. The van der Waals surface area contributed by atoms with Gasteiger partial charge in [0.2, 0.25) is 6.20 Å². The maximum atomic E-state index is 9.86. The van der Waals surface area contributed by atoms with Crippen LogP contribution in [-0.4, -0.2) is 14.9 Å². The van der Waals surface area contributed by atoms with Crippen molar-refractivity contribution >= 4 is 6.08 Å². The number of hydrogen-bond donors (Lipinski definition) is 1. The van der Waals surface area contributed by atoms with Gasteiger partial charge < -0.3 is 4.98 Å². The number of aromatic nitrogens is 2. The number of nitrogens with one attached hydrogen (secondary N) is 1. The number of H-pyrrole nitrogens is 1. The van der Waals surface area contributed by atoms with Crippen molar-refractivity contribution in [3.05, 3.63) is 34.0 Å². The molecule has 0 amide bonds. The van der Waals surface area contributed by atoms with Crippen LogP contribution in [0.1, 0.15) is 11.5 Å². The highest BCUT2D eigenvalue weighted by atomic mass is 16.6. The molecule has 0 radical (unpaired) electrons. The van der Waals surface area contributed by atoms with Crippen LogP contribution in [0.4, 0.5) is 0 Å². The highest BCUT2D eigenvalue weighted by molar-refractivity contribution is 5.37. The normalized spacial score (nSPS) is 10.6. The van der Waals surface area contributed by atoms with Gasteiger partial charge in [0.05, 0.1) is 11.0 Å². The summed E-state index contributed by atoms with van der Waals surface area (Å²) in [4.78, 5) is 16.0. The minimum absolute atomic E-state index is 0.499. The lowest BCUT2D eigenvalue weighted by atomic mass is 10.5. The van der Waals surface area contributed by atoms with Gasteiger partial charge in [-0.3, -0.25) is 10.1 Å². The monoisotopic (exact) mass is 153 g/mol. The van der Waals surface area contributed by atoms with Gasteiger partial charge in [-0.15, -0.1) is 0 Å². The van der Waals surface area contributed by atoms with Crippen LogP contribution in [0.25, 0.3) is 6.08 Å². The lowest BCUT2D eigenvalue weighted by molar-refractivity contribution is -0.401. The molecule has 58 valence electrons. The topological polar surface area (TPSA) is 71.8 Å². The van der Waals surface area contributed by atoms with Crippen molar-refractivity contribution < 1.29 is 4.92 Å². The molecule has 0 atom stereocenters. The maximum absolute atomic E-state index is 9.86. The third-order valence-electron chi connectivity index (χ3n) is 1.08. The number of nitro groups is 1. The molecule has 0 saturated heterocycles. The van der Waals surface area contributed by atoms with E-state index in [9.17, 15) is 10.1 Å². The lowest BCUT2D eigenvalue weighted by Gasteiger charge is -1.79. The van der Waals surface area contributed by atoms with E-state index in [1.807, 2.05) is 6.92 Å². The van der Waals surface area contributed by atoms with Crippen LogP contribution < -0.4 is 0 Å². The Bertz CT molecular complexity index is 290. The summed E-state index contributed by atoms with van der Waals surface area (Å²) in [7, 11) is 0. The van der Waals surface area contributed by atoms with E-state index in [1.165, 1.54) is 6.08 Å². The number of hydrogen-bond acceptors (Lipinski definition) is 3. The van der Waals surface area contributed by atoms with Gasteiger partial charge in [-0.05, 0) is 6.92 Å². The van der Waals surface area contributed by atoms with E-state index in [2.05, 4.69) is 9.97 Å². The summed E-state index contributed by atoms with van der Waals surface area (Å²) in [6.07, 6.45) is 3.77. The van der Waals surface area contributed by atoms with Crippen LogP contribution >= 0.6 is 0 Å². The Labute approximate surface area is 62.9 Å². The van der Waals surface area contributed by atoms with E-state index < -0.39 is 4.92 Å². The average molecular weight is 153 g/mol. The van der Waals surface area contributed by atoms with Crippen LogP contribution in [0.3, 0.4) is 0 Å². The Balaban J connectivity index is 2.71. The Kier molecular flexibility index (Phi) is 2.00. The fourth-order valence-corrected chi connectivity index (χ4v) is 0.649. The number of nitrogens with zero attached hydrogens (tertiary/aromatic N) is 2. The SMILES string of the molecule is Cc1cnc(/C=C/[N+](=O)[O-])[nH]1. The zero-order chi connectivity index (χ0) is 8.27. The molecular formula is C6H7N3O2. The number of aryl methyl sites for hydroxylation is 1. The number of aromatic amines is 1. The molecule has 1 aromatic rings. The van der Waals surface area contributed by atoms with Gasteiger partial charge in [-0.25, -0.2) is 4.98 Å². The van der Waals surface area contributed by atoms with E-state index in [0.717, 1.165) is 11.9 Å². The Morgan fingerprint density at radius 1 is 1.82 bits per heavy atom. The van der Waals surface area contributed by atoms with Crippen LogP contribution in [0.15, 0.2) is 12.4 Å². The van der Waals surface area contributed by atoms with Crippen molar-refractivity contribution in [1.29, 1.82) is 0 Å². The van der Waals surface area contributed by atoms with Gasteiger partial charge in [-0.1, -0.05) is 0 Å². The predicted octanol–water partition coefficient (Wildman–Crippen LogP) is 0.966. The molecule has 0 saturated carbocycles. The van der Waals surface area contributed by atoms with Gasteiger partial charge in [0.1, 0.15) is 5.82 Å². The standard InChI is InChI=1S/C6H7N3O2/c1-5-4-7-6(8-5)2-3-9(10)11/h2-4H,1H3,(H,7,8)/b3-2+. The second-order valence-electron chi connectivity index (χ2n) is 2.05. The van der Waals surface area contributed by atoms with Crippen molar-refractivity contribution in [2.45, 2.75) is 6.92 Å². The molecule has 0 aliphatic carbocycles. The molecule has 0 bridgehead atoms. The quantitative estimate of drug-likeness (QED) is 0.508. The summed E-state index contributed by atoms with van der Waals surface area (Å²) in [5.41, 5.74) is 0.882. The molecule has 0 aliphatic rings. The summed E-state index contributed by atoms with van der Waals surface area (Å²) in [5.74, 6) is 0.499. The van der Waals surface area contributed by atoms with E-state index in [4.69, 9.17) is 0 Å². The predicted molar refractivity (Wildman–Crippen MR) is 39.4 cm³/mol. The smallest absolute Gasteiger partial charge is 0.238 e. The van der Waals surface area contributed by atoms with Crippen molar-refractivity contribution in [2.75, 3.05) is 0 Å². The highest BCUT2D eigenvalue weighted by Crippen LogP contribution is 1.96. The largest absolute Gasteiger partial charge is 0.342 e. The Morgan fingerprint density at radius 2 is 2.55 bits per heavy atom. The molecule has 5 heteroatoms. The molecule has 1 N–H and O–H groups in total. The zero-order valence-electron chi connectivity index (χ0n) is 5.94. The second-order valence-corrected chi connectivity index (χ2v) is 2.05. The molecule has 1 heterocycles. The summed E-state index contributed by atoms with van der Waals surface area (Å²) < 4.78 is 0. The first-order valence-corrected chi connectivity index (χ1v) is 3.02. The van der Waals surface area contributed by atoms with E-state index >= 15 is 0 Å². The summed E-state index contributed by atoms with van der Waals surface area (Å²) in [6, 6.07) is 0. The molecule has 0 unspecified atom stereocenters. The Morgan fingerprint density at radius 3 is 3.00 bits per heavy atom. The minimum Gasteiger partial charge on any atom is -0.342 e. The van der Waals surface area contributed by atoms with Crippen LogP contribution in [-0.2, 0) is 0 Å². The second kappa shape index (κ2) is 2.96. The van der Waals surface area contributed by atoms with Gasteiger partial charge in [0.25, 0.3) is 0 Å². The third kappa shape index (κ3) is 2.21. The highest BCUT2D eigenvalue weighted by Gasteiger charge is 1.92. The van der Waals surface area contributed by atoms with Crippen LogP contribution in [0.5, 0.6) is 0 Å². The van der Waals surface area contributed by atoms with E-state index in [0.29, 0.717) is 5.82 Å². The van der Waals surface area contributed by atoms with E-state index in [1.54, 1.807) is 6.20 Å². The first kappa shape index (κ1) is 7.46. The summed E-state index contributed by atoms with van der Waals surface area (Å²) in [5, 5.41) is 9.86. The van der Waals surface area contributed by atoms with Crippen molar-refractivity contribution in [1.82, 2.24) is 9.97 Å². The van der Waals surface area contributed by atoms with Crippen molar-refractivity contribution in [3.8, 4) is 0 Å². The molecule has 0 fully saturated rings. The maximum Gasteiger partial charge on any atom is 0.238 e. The van der Waals surface area contributed by atoms with Gasteiger partial charge >= 0.3 is 0 Å². The van der Waals surface area contributed by atoms with Gasteiger partial charge in [-0.2, -0.15) is 0 Å². The first-order chi connectivity index (χ1) is 5.18. The van der Waals surface area contributed by atoms with Gasteiger partial charge in [0, 0.05) is 11.9 Å². The summed E-state index contributed by atoms with van der Waals surface area (Å²) >= 11 is 0. The van der Waals surface area contributed by atoms with Crippen LogP contribution in [0.2, 0.25) is 0 Å². The Hall–Kier alpha value is -1.65.